The summed E-state index contributed by atoms with van der Waals surface area (Å²) in [4.78, 5) is 20.6. The van der Waals surface area contributed by atoms with E-state index in [1.165, 1.54) is 0 Å². The van der Waals surface area contributed by atoms with E-state index in [-0.39, 0.29) is 12.1 Å². The van der Waals surface area contributed by atoms with Crippen LogP contribution in [-0.2, 0) is 9.59 Å². The first-order chi connectivity index (χ1) is 11.5. The van der Waals surface area contributed by atoms with E-state index < -0.39 is 18.2 Å². The first-order valence-corrected chi connectivity index (χ1v) is 6.99. The number of nitrogens with zero attached hydrogens (tertiary/aromatic N) is 1. The Hall–Kier alpha value is -3.29. The van der Waals surface area contributed by atoms with Crippen molar-refractivity contribution in [1.29, 1.82) is 0 Å². The van der Waals surface area contributed by atoms with Crippen LogP contribution in [0.25, 0.3) is 10.8 Å². The van der Waals surface area contributed by atoms with E-state index in [2.05, 4.69) is 5.16 Å². The molecule has 8 heteroatoms. The molecule has 126 valence electrons. The highest BCUT2D eigenvalue weighted by molar-refractivity contribution is 6.35. The van der Waals surface area contributed by atoms with Gasteiger partial charge in [-0.3, -0.25) is 0 Å². The van der Waals surface area contributed by atoms with Gasteiger partial charge in [-0.05, 0) is 29.3 Å². The Morgan fingerprint density at radius 3 is 1.88 bits per heavy atom. The van der Waals surface area contributed by atoms with E-state index in [4.69, 9.17) is 24.9 Å². The minimum Gasteiger partial charge on any atom is -0.477 e. The number of hydrogen-bond acceptors (Lipinski definition) is 6. The molecule has 24 heavy (non-hydrogen) atoms. The summed E-state index contributed by atoms with van der Waals surface area (Å²) in [5.74, 6) is -1.34. The van der Waals surface area contributed by atoms with Gasteiger partial charge in [0.15, 0.2) is 17.2 Å². The van der Waals surface area contributed by atoms with Crippen molar-refractivity contribution >= 4 is 28.4 Å². The Morgan fingerprint density at radius 1 is 1.08 bits per heavy atom. The number of carbonyl (C=O) groups is 2. The average molecular weight is 333 g/mol. The largest absolute Gasteiger partial charge is 0.477 e. The maximum absolute atomic E-state index is 10.7. The predicted octanol–water partition coefficient (Wildman–Crippen LogP) is 2.33. The number of carboxylic acids is 2. The summed E-state index contributed by atoms with van der Waals surface area (Å²) in [6.45, 7) is 1.60. The van der Waals surface area contributed by atoms with Gasteiger partial charge < -0.3 is 24.9 Å². The quantitative estimate of drug-likeness (QED) is 0.447. The molecule has 0 saturated heterocycles. The molecule has 1 heterocycles. The van der Waals surface area contributed by atoms with E-state index in [0.717, 1.165) is 10.8 Å². The molecule has 0 fully saturated rings. The smallest absolute Gasteiger partial charge is 0.387 e. The zero-order valence-electron chi connectivity index (χ0n) is 12.7. The van der Waals surface area contributed by atoms with E-state index in [9.17, 15) is 9.59 Å². The van der Waals surface area contributed by atoms with Crippen molar-refractivity contribution in [3.63, 3.8) is 0 Å². The van der Waals surface area contributed by atoms with Gasteiger partial charge in [-0.1, -0.05) is 36.3 Å². The van der Waals surface area contributed by atoms with Crippen LogP contribution in [0.15, 0.2) is 41.6 Å². The monoisotopic (exact) mass is 333 g/mol. The van der Waals surface area contributed by atoms with Crippen LogP contribution in [0, 0.1) is 0 Å². The fourth-order valence-corrected chi connectivity index (χ4v) is 2.00. The SMILES string of the molecule is CCC(=NO)C(=O)O.O=C(O)C1Oc2cc3ccccc3cc2O1. The number of ether oxygens (including phenoxy) is 2. The van der Waals surface area contributed by atoms with Crippen molar-refractivity contribution in [2.24, 2.45) is 5.16 Å². The minimum absolute atomic E-state index is 0.218. The molecule has 0 saturated carbocycles. The molecule has 3 N–H and O–H groups in total. The highest BCUT2D eigenvalue weighted by atomic mass is 16.7. The van der Waals surface area contributed by atoms with E-state index >= 15 is 0 Å². The third kappa shape index (κ3) is 3.72. The molecule has 8 nitrogen and oxygen atoms in total. The number of aliphatic carboxylic acids is 2. The number of carboxylic acid groups (broad SMARTS) is 2. The lowest BCUT2D eigenvalue weighted by atomic mass is 10.1. The third-order valence-electron chi connectivity index (χ3n) is 3.18. The summed E-state index contributed by atoms with van der Waals surface area (Å²) < 4.78 is 10.3. The maximum atomic E-state index is 10.7. The average Bonchev–Trinajstić information content (AvgIpc) is 2.97. The zero-order valence-corrected chi connectivity index (χ0v) is 12.7. The van der Waals surface area contributed by atoms with Gasteiger partial charge >= 0.3 is 18.2 Å². The Bertz CT molecular complexity index is 756. The summed E-state index contributed by atoms with van der Waals surface area (Å²) in [6, 6.07) is 11.3. The Labute approximate surface area is 136 Å². The molecule has 2 aromatic carbocycles. The van der Waals surface area contributed by atoms with Gasteiger partial charge in [-0.25, -0.2) is 9.59 Å². The number of oxime groups is 1. The Kier molecular flexibility index (Phi) is 5.20. The van der Waals surface area contributed by atoms with Crippen LogP contribution in [0.2, 0.25) is 0 Å². The summed E-state index contributed by atoms with van der Waals surface area (Å²) in [6.07, 6.45) is -0.988. The van der Waals surface area contributed by atoms with Gasteiger partial charge in [-0.2, -0.15) is 0 Å². The van der Waals surface area contributed by atoms with Gasteiger partial charge in [0.1, 0.15) is 0 Å². The van der Waals surface area contributed by atoms with Gasteiger partial charge in [0.05, 0.1) is 0 Å². The van der Waals surface area contributed by atoms with Crippen molar-refractivity contribution in [3.05, 3.63) is 36.4 Å². The second kappa shape index (κ2) is 7.32. The molecule has 3 rings (SSSR count). The molecular formula is C16H15NO7. The normalized spacial score (nSPS) is 13.3. The van der Waals surface area contributed by atoms with Crippen LogP contribution in [0.4, 0.5) is 0 Å². The molecule has 0 radical (unpaired) electrons. The lowest BCUT2D eigenvalue weighted by Gasteiger charge is -2.02. The Balaban J connectivity index is 0.000000224. The van der Waals surface area contributed by atoms with Crippen LogP contribution >= 0.6 is 0 Å². The number of benzene rings is 2. The lowest BCUT2D eigenvalue weighted by Crippen LogP contribution is -2.28. The van der Waals surface area contributed by atoms with Crippen molar-refractivity contribution in [3.8, 4) is 11.5 Å². The predicted molar refractivity (Wildman–Crippen MR) is 83.8 cm³/mol. The summed E-state index contributed by atoms with van der Waals surface area (Å²) in [7, 11) is 0. The molecule has 0 aromatic heterocycles. The van der Waals surface area contributed by atoms with Gasteiger partial charge in [-0.15, -0.1) is 0 Å². The van der Waals surface area contributed by atoms with Gasteiger partial charge in [0.25, 0.3) is 0 Å². The van der Waals surface area contributed by atoms with Crippen molar-refractivity contribution in [1.82, 2.24) is 0 Å². The molecular weight excluding hydrogens is 318 g/mol. The molecule has 0 bridgehead atoms. The van der Waals surface area contributed by atoms with Gasteiger partial charge in [0.2, 0.25) is 0 Å². The number of rotatable bonds is 3. The summed E-state index contributed by atoms with van der Waals surface area (Å²) in [5, 5.41) is 29.3. The molecule has 1 aliphatic heterocycles. The summed E-state index contributed by atoms with van der Waals surface area (Å²) in [5.41, 5.74) is -0.218. The standard InChI is InChI=1S/C12H8O4.C4H7NO3/c13-11(14)12-15-9-5-7-3-1-2-4-8(7)6-10(9)16-12;1-2-3(5-8)4(6)7/h1-6,12H,(H,13,14);8H,2H2,1H3,(H,6,7). The first-order valence-electron chi connectivity index (χ1n) is 6.99. The molecule has 1 aliphatic rings. The molecule has 0 atom stereocenters. The first kappa shape index (κ1) is 17.1. The van der Waals surface area contributed by atoms with Crippen molar-refractivity contribution in [2.45, 2.75) is 19.6 Å². The molecule has 2 aromatic rings. The summed E-state index contributed by atoms with van der Waals surface area (Å²) >= 11 is 0. The van der Waals surface area contributed by atoms with Crippen LogP contribution in [0.1, 0.15) is 13.3 Å². The van der Waals surface area contributed by atoms with Crippen LogP contribution in [0.5, 0.6) is 11.5 Å². The number of hydrogen-bond donors (Lipinski definition) is 3. The minimum atomic E-state index is -1.23. The third-order valence-corrected chi connectivity index (χ3v) is 3.18. The molecule has 0 unspecified atom stereocenters. The van der Waals surface area contributed by atoms with Crippen molar-refractivity contribution in [2.75, 3.05) is 0 Å². The van der Waals surface area contributed by atoms with Crippen LogP contribution in [-0.4, -0.2) is 39.4 Å². The zero-order chi connectivity index (χ0) is 17.7. The fourth-order valence-electron chi connectivity index (χ4n) is 2.00. The molecule has 0 spiro atoms. The van der Waals surface area contributed by atoms with Gasteiger partial charge in [0, 0.05) is 0 Å². The second-order valence-electron chi connectivity index (χ2n) is 4.76. The van der Waals surface area contributed by atoms with Crippen molar-refractivity contribution < 1.29 is 34.5 Å². The lowest BCUT2D eigenvalue weighted by molar-refractivity contribution is -0.154. The highest BCUT2D eigenvalue weighted by Gasteiger charge is 2.30. The second-order valence-corrected chi connectivity index (χ2v) is 4.76. The Morgan fingerprint density at radius 2 is 1.58 bits per heavy atom. The van der Waals surface area contributed by atoms with Crippen LogP contribution in [0.3, 0.4) is 0 Å². The van der Waals surface area contributed by atoms with Crippen LogP contribution < -0.4 is 9.47 Å². The van der Waals surface area contributed by atoms with E-state index in [1.807, 2.05) is 24.3 Å². The highest BCUT2D eigenvalue weighted by Crippen LogP contribution is 2.38. The molecule has 0 amide bonds. The topological polar surface area (TPSA) is 126 Å². The molecule has 0 aliphatic carbocycles. The fraction of sp³-hybridized carbons (Fsp3) is 0.188. The van der Waals surface area contributed by atoms with E-state index in [0.29, 0.717) is 11.5 Å². The number of fused-ring (bicyclic) bond motifs is 2. The van der Waals surface area contributed by atoms with E-state index in [1.54, 1.807) is 19.1 Å². The maximum Gasteiger partial charge on any atom is 0.387 e.